The quantitative estimate of drug-likeness (QED) is 0.893. The SMILES string of the molecule is COc1ccc2c(c1)CCOC21CCN(C(=O)c2cc(C(F)F)[nH]n2)CC1. The van der Waals surface area contributed by atoms with Gasteiger partial charge in [0.15, 0.2) is 5.69 Å². The number of aromatic amines is 1. The molecule has 8 heteroatoms. The molecule has 0 radical (unpaired) electrons. The molecule has 2 aliphatic heterocycles. The molecule has 27 heavy (non-hydrogen) atoms. The number of likely N-dealkylation sites (tertiary alicyclic amines) is 1. The van der Waals surface area contributed by atoms with Gasteiger partial charge in [0.25, 0.3) is 12.3 Å². The third-order valence-electron chi connectivity index (χ3n) is 5.46. The predicted octanol–water partition coefficient (Wildman–Crippen LogP) is 3.06. The number of H-pyrrole nitrogens is 1. The highest BCUT2D eigenvalue weighted by atomic mass is 19.3. The van der Waals surface area contributed by atoms with E-state index in [1.54, 1.807) is 12.0 Å². The van der Waals surface area contributed by atoms with Gasteiger partial charge in [-0.05, 0) is 48.6 Å². The Kier molecular flexibility index (Phi) is 4.59. The lowest BCUT2D eigenvalue weighted by Gasteiger charge is -2.45. The van der Waals surface area contributed by atoms with E-state index >= 15 is 0 Å². The Morgan fingerprint density at radius 1 is 1.33 bits per heavy atom. The van der Waals surface area contributed by atoms with Crippen molar-refractivity contribution in [3.63, 3.8) is 0 Å². The van der Waals surface area contributed by atoms with E-state index in [1.165, 1.54) is 5.56 Å². The van der Waals surface area contributed by atoms with Gasteiger partial charge in [-0.2, -0.15) is 5.10 Å². The maximum absolute atomic E-state index is 12.7. The molecule has 4 rings (SSSR count). The fraction of sp³-hybridized carbons (Fsp3) is 0.474. The van der Waals surface area contributed by atoms with Crippen LogP contribution >= 0.6 is 0 Å². The van der Waals surface area contributed by atoms with Crippen LogP contribution in [0.3, 0.4) is 0 Å². The van der Waals surface area contributed by atoms with E-state index in [1.807, 2.05) is 18.2 Å². The van der Waals surface area contributed by atoms with Crippen LogP contribution in [0.1, 0.15) is 46.6 Å². The van der Waals surface area contributed by atoms with Crippen molar-refractivity contribution in [1.82, 2.24) is 15.1 Å². The summed E-state index contributed by atoms with van der Waals surface area (Å²) in [6, 6.07) is 7.15. The first-order chi connectivity index (χ1) is 13.0. The maximum atomic E-state index is 12.7. The first-order valence-corrected chi connectivity index (χ1v) is 8.96. The van der Waals surface area contributed by atoms with Crippen molar-refractivity contribution < 1.29 is 23.0 Å². The number of halogens is 2. The van der Waals surface area contributed by atoms with Gasteiger partial charge in [0.05, 0.1) is 19.3 Å². The zero-order valence-corrected chi connectivity index (χ0v) is 15.0. The van der Waals surface area contributed by atoms with Gasteiger partial charge in [0, 0.05) is 13.1 Å². The summed E-state index contributed by atoms with van der Waals surface area (Å²) in [6.45, 7) is 1.60. The first-order valence-electron chi connectivity index (χ1n) is 8.96. The van der Waals surface area contributed by atoms with Crippen LogP contribution in [0.5, 0.6) is 5.75 Å². The van der Waals surface area contributed by atoms with E-state index < -0.39 is 12.0 Å². The van der Waals surface area contributed by atoms with Crippen molar-refractivity contribution in [3.8, 4) is 5.75 Å². The second-order valence-electron chi connectivity index (χ2n) is 6.92. The highest BCUT2D eigenvalue weighted by molar-refractivity contribution is 5.92. The highest BCUT2D eigenvalue weighted by Gasteiger charge is 2.42. The van der Waals surface area contributed by atoms with Crippen LogP contribution in [0.4, 0.5) is 8.78 Å². The second-order valence-corrected chi connectivity index (χ2v) is 6.92. The summed E-state index contributed by atoms with van der Waals surface area (Å²) < 4.78 is 36.9. The van der Waals surface area contributed by atoms with Gasteiger partial charge < -0.3 is 14.4 Å². The Hall–Kier alpha value is -2.48. The molecule has 1 N–H and O–H groups in total. The zero-order valence-electron chi connectivity index (χ0n) is 15.0. The minimum Gasteiger partial charge on any atom is -0.497 e. The predicted molar refractivity (Wildman–Crippen MR) is 93.0 cm³/mol. The number of methoxy groups -OCH3 is 1. The van der Waals surface area contributed by atoms with Crippen LogP contribution in [-0.4, -0.2) is 47.8 Å². The van der Waals surface area contributed by atoms with E-state index in [-0.39, 0.29) is 17.3 Å². The number of hydrogen-bond acceptors (Lipinski definition) is 4. The third-order valence-corrected chi connectivity index (χ3v) is 5.46. The zero-order chi connectivity index (χ0) is 19.0. The average Bonchev–Trinajstić information content (AvgIpc) is 3.18. The topological polar surface area (TPSA) is 67.5 Å². The number of rotatable bonds is 3. The molecule has 1 aromatic heterocycles. The normalized spacial score (nSPS) is 18.6. The Morgan fingerprint density at radius 3 is 2.78 bits per heavy atom. The Bertz CT molecular complexity index is 844. The number of carbonyl (C=O) groups is 1. The van der Waals surface area contributed by atoms with Gasteiger partial charge in [-0.1, -0.05) is 6.07 Å². The van der Waals surface area contributed by atoms with Gasteiger partial charge in [-0.15, -0.1) is 0 Å². The van der Waals surface area contributed by atoms with Crippen LogP contribution in [0.15, 0.2) is 24.3 Å². The minimum absolute atomic E-state index is 0.0240. The van der Waals surface area contributed by atoms with Gasteiger partial charge in [0.2, 0.25) is 0 Å². The molecule has 6 nitrogen and oxygen atoms in total. The van der Waals surface area contributed by atoms with Crippen molar-refractivity contribution in [2.24, 2.45) is 0 Å². The van der Waals surface area contributed by atoms with E-state index in [9.17, 15) is 13.6 Å². The number of nitrogens with zero attached hydrogens (tertiary/aromatic N) is 2. The molecule has 2 aliphatic rings. The third kappa shape index (κ3) is 3.18. The van der Waals surface area contributed by atoms with Crippen LogP contribution in [0.25, 0.3) is 0 Å². The maximum Gasteiger partial charge on any atom is 0.279 e. The number of carbonyl (C=O) groups excluding carboxylic acids is 1. The number of alkyl halides is 2. The molecule has 0 atom stereocenters. The van der Waals surface area contributed by atoms with E-state index in [0.717, 1.165) is 23.8 Å². The van der Waals surface area contributed by atoms with Gasteiger partial charge in [0.1, 0.15) is 11.4 Å². The number of nitrogens with one attached hydrogen (secondary N) is 1. The van der Waals surface area contributed by atoms with E-state index in [0.29, 0.717) is 32.5 Å². The second kappa shape index (κ2) is 6.92. The summed E-state index contributed by atoms with van der Waals surface area (Å²) in [5.74, 6) is 0.491. The molecule has 0 saturated carbocycles. The Labute approximate surface area is 155 Å². The van der Waals surface area contributed by atoms with Gasteiger partial charge in [-0.25, -0.2) is 8.78 Å². The van der Waals surface area contributed by atoms with Crippen LogP contribution in [0, 0.1) is 0 Å². The Balaban J connectivity index is 1.50. The lowest BCUT2D eigenvalue weighted by Crippen LogP contribution is -2.48. The van der Waals surface area contributed by atoms with E-state index in [2.05, 4.69) is 10.2 Å². The molecule has 0 aliphatic carbocycles. The molecule has 1 aromatic carbocycles. The summed E-state index contributed by atoms with van der Waals surface area (Å²) in [5.41, 5.74) is 1.65. The molecule has 144 valence electrons. The molecule has 0 unspecified atom stereocenters. The standard InChI is InChI=1S/C19H21F2N3O3/c1-26-13-2-3-14-12(10-13)4-9-27-19(14)5-7-24(8-6-19)18(25)16-11-15(17(20)21)22-23-16/h2-3,10-11,17H,4-9H2,1H3,(H,22,23). The van der Waals surface area contributed by atoms with Gasteiger partial charge >= 0.3 is 0 Å². The smallest absolute Gasteiger partial charge is 0.279 e. The lowest BCUT2D eigenvalue weighted by molar-refractivity contribution is -0.0935. The number of fused-ring (bicyclic) bond motifs is 2. The summed E-state index contributed by atoms with van der Waals surface area (Å²) in [4.78, 5) is 14.2. The molecule has 1 saturated heterocycles. The first kappa shape index (κ1) is 17.9. The molecular formula is C19H21F2N3O3. The fourth-order valence-electron chi connectivity index (χ4n) is 3.99. The summed E-state index contributed by atoms with van der Waals surface area (Å²) in [7, 11) is 1.65. The molecule has 1 spiro atoms. The number of ether oxygens (including phenoxy) is 2. The number of hydrogen-bond donors (Lipinski definition) is 1. The molecule has 3 heterocycles. The summed E-state index contributed by atoms with van der Waals surface area (Å²) in [5, 5.41) is 5.95. The minimum atomic E-state index is -2.67. The van der Waals surface area contributed by atoms with E-state index in [4.69, 9.17) is 9.47 Å². The number of amides is 1. The van der Waals surface area contributed by atoms with Crippen molar-refractivity contribution in [1.29, 1.82) is 0 Å². The van der Waals surface area contributed by atoms with Crippen molar-refractivity contribution in [2.45, 2.75) is 31.3 Å². The van der Waals surface area contributed by atoms with Crippen LogP contribution < -0.4 is 4.74 Å². The van der Waals surface area contributed by atoms with Crippen molar-refractivity contribution in [3.05, 3.63) is 46.8 Å². The van der Waals surface area contributed by atoms with Gasteiger partial charge in [-0.3, -0.25) is 9.89 Å². The number of piperidine rings is 1. The molecule has 0 bridgehead atoms. The number of aromatic nitrogens is 2. The highest BCUT2D eigenvalue weighted by Crippen LogP contribution is 2.42. The molecular weight excluding hydrogens is 356 g/mol. The average molecular weight is 377 g/mol. The lowest BCUT2D eigenvalue weighted by atomic mass is 9.79. The largest absolute Gasteiger partial charge is 0.497 e. The van der Waals surface area contributed by atoms with Crippen LogP contribution in [0.2, 0.25) is 0 Å². The molecule has 1 amide bonds. The monoisotopic (exact) mass is 377 g/mol. The van der Waals surface area contributed by atoms with Crippen molar-refractivity contribution >= 4 is 5.91 Å². The Morgan fingerprint density at radius 2 is 2.11 bits per heavy atom. The van der Waals surface area contributed by atoms with Crippen molar-refractivity contribution in [2.75, 3.05) is 26.8 Å². The molecule has 2 aromatic rings. The van der Waals surface area contributed by atoms with Crippen LogP contribution in [-0.2, 0) is 16.8 Å². The fourth-order valence-corrected chi connectivity index (χ4v) is 3.99. The summed E-state index contributed by atoms with van der Waals surface area (Å²) in [6.07, 6.45) is -0.526. The number of benzene rings is 1. The summed E-state index contributed by atoms with van der Waals surface area (Å²) >= 11 is 0. The molecule has 1 fully saturated rings.